The molecule has 0 aliphatic rings. The van der Waals surface area contributed by atoms with Crippen LogP contribution in [0.25, 0.3) is 0 Å². The van der Waals surface area contributed by atoms with Gasteiger partial charge in [-0.25, -0.2) is 4.99 Å². The molecule has 0 spiro atoms. The molecule has 2 unspecified atom stereocenters. The largest absolute Gasteiger partial charge is 0.496 e. The van der Waals surface area contributed by atoms with Crippen molar-refractivity contribution < 1.29 is 23.0 Å². The summed E-state index contributed by atoms with van der Waals surface area (Å²) >= 11 is 3.36. The van der Waals surface area contributed by atoms with Crippen LogP contribution in [0.2, 0.25) is 0 Å². The number of aliphatic imine (C=N–C) groups is 1. The van der Waals surface area contributed by atoms with Crippen LogP contribution >= 0.6 is 15.9 Å². The number of methoxy groups -OCH3 is 1. The number of benzene rings is 1. The number of aromatic amines is 1. The van der Waals surface area contributed by atoms with E-state index in [1.165, 1.54) is 7.11 Å². The highest BCUT2D eigenvalue weighted by atomic mass is 79.9. The third-order valence-corrected chi connectivity index (χ3v) is 6.85. The van der Waals surface area contributed by atoms with E-state index < -0.39 is 30.5 Å². The lowest BCUT2D eigenvalue weighted by Crippen LogP contribution is -2.48. The first-order valence-electron chi connectivity index (χ1n) is 13.1. The van der Waals surface area contributed by atoms with E-state index in [1.807, 2.05) is 20.8 Å². The molecule has 2 N–H and O–H groups in total. The molecular weight excluding hydrogens is 559 g/mol. The number of nitrogens with one attached hydrogen (secondary N) is 1. The molecule has 0 radical (unpaired) electrons. The van der Waals surface area contributed by atoms with E-state index in [4.69, 9.17) is 4.74 Å². The Morgan fingerprint density at radius 3 is 2.47 bits per heavy atom. The van der Waals surface area contributed by atoms with Crippen molar-refractivity contribution in [2.75, 3.05) is 20.2 Å². The number of hydrogen-bond donors (Lipinski definition) is 2. The van der Waals surface area contributed by atoms with E-state index in [1.54, 1.807) is 44.3 Å². The molecule has 214 valence electrons. The highest BCUT2D eigenvalue weighted by Crippen LogP contribution is 2.42. The van der Waals surface area contributed by atoms with Gasteiger partial charge in [0.15, 0.2) is 5.60 Å². The number of unbranched alkanes of at least 4 members (excludes halogenated alkanes) is 1. The van der Waals surface area contributed by atoms with Crippen molar-refractivity contribution in [2.45, 2.75) is 84.9 Å². The molecule has 38 heavy (non-hydrogen) atoms. The number of nitrogens with zero attached hydrogens (tertiary/aromatic N) is 2. The Labute approximate surface area is 234 Å². The van der Waals surface area contributed by atoms with Crippen LogP contribution in [0.1, 0.15) is 82.3 Å². The lowest BCUT2D eigenvalue weighted by Gasteiger charge is -2.33. The average molecular weight is 603 g/mol. The number of hydrogen-bond acceptors (Lipinski definition) is 4. The van der Waals surface area contributed by atoms with Crippen molar-refractivity contribution in [3.8, 4) is 5.75 Å². The summed E-state index contributed by atoms with van der Waals surface area (Å²) in [4.78, 5) is 9.49. The van der Waals surface area contributed by atoms with Crippen molar-refractivity contribution in [1.29, 1.82) is 0 Å². The summed E-state index contributed by atoms with van der Waals surface area (Å²) in [6, 6.07) is 6.80. The first-order valence-corrected chi connectivity index (χ1v) is 13.9. The lowest BCUT2D eigenvalue weighted by atomic mass is 9.83. The van der Waals surface area contributed by atoms with Gasteiger partial charge in [0.1, 0.15) is 11.6 Å². The third kappa shape index (κ3) is 9.19. The van der Waals surface area contributed by atoms with E-state index in [2.05, 4.69) is 44.3 Å². The van der Waals surface area contributed by atoms with Gasteiger partial charge in [0, 0.05) is 29.7 Å². The predicted molar refractivity (Wildman–Crippen MR) is 154 cm³/mol. The Hall–Kier alpha value is -2.26. The molecule has 2 atom stereocenters. The van der Waals surface area contributed by atoms with Crippen LogP contribution in [-0.2, 0) is 6.42 Å². The third-order valence-electron chi connectivity index (χ3n) is 6.36. The molecule has 0 bridgehead atoms. The molecule has 2 rings (SSSR count). The molecule has 0 saturated carbocycles. The van der Waals surface area contributed by atoms with Crippen molar-refractivity contribution >= 4 is 22.1 Å². The fraction of sp³-hybridized carbons (Fsp3) is 0.552. The molecular formula is C29H43BrF3N3O2. The minimum absolute atomic E-state index is 0.283. The molecule has 0 fully saturated rings. The van der Waals surface area contributed by atoms with Crippen LogP contribution in [0.15, 0.2) is 46.1 Å². The molecule has 0 saturated heterocycles. The lowest BCUT2D eigenvalue weighted by molar-refractivity contribution is -0.263. The Morgan fingerprint density at radius 2 is 1.92 bits per heavy atom. The molecule has 0 aliphatic heterocycles. The van der Waals surface area contributed by atoms with Gasteiger partial charge in [-0.1, -0.05) is 56.6 Å². The minimum atomic E-state index is -4.83. The van der Waals surface area contributed by atoms with Crippen molar-refractivity contribution in [2.24, 2.45) is 4.99 Å². The molecule has 1 aromatic carbocycles. The van der Waals surface area contributed by atoms with Crippen LogP contribution in [-0.4, -0.2) is 53.2 Å². The van der Waals surface area contributed by atoms with Crippen LogP contribution in [0.5, 0.6) is 5.75 Å². The monoisotopic (exact) mass is 601 g/mol. The smallest absolute Gasteiger partial charge is 0.417 e. The second-order valence-electron chi connectivity index (χ2n) is 9.20. The van der Waals surface area contributed by atoms with E-state index in [0.29, 0.717) is 22.8 Å². The van der Waals surface area contributed by atoms with Gasteiger partial charge in [-0.2, -0.15) is 13.2 Å². The van der Waals surface area contributed by atoms with Gasteiger partial charge < -0.3 is 19.7 Å². The van der Waals surface area contributed by atoms with Gasteiger partial charge in [-0.05, 0) is 68.0 Å². The normalized spacial score (nSPS) is 14.0. The Kier molecular flexibility index (Phi) is 13.7. The zero-order valence-electron chi connectivity index (χ0n) is 23.7. The zero-order chi connectivity index (χ0) is 29.1. The van der Waals surface area contributed by atoms with Crippen molar-refractivity contribution in [1.82, 2.24) is 9.88 Å². The van der Waals surface area contributed by atoms with E-state index in [-0.39, 0.29) is 5.69 Å². The maximum Gasteiger partial charge on any atom is 0.417 e. The molecule has 5 nitrogen and oxygen atoms in total. The maximum absolute atomic E-state index is 14.2. The van der Waals surface area contributed by atoms with Gasteiger partial charge in [0.25, 0.3) is 0 Å². The zero-order valence-corrected chi connectivity index (χ0v) is 25.3. The fourth-order valence-electron chi connectivity index (χ4n) is 4.23. The summed E-state index contributed by atoms with van der Waals surface area (Å²) < 4.78 is 48.6. The number of aliphatic hydroxyl groups is 1. The second kappa shape index (κ2) is 15.4. The van der Waals surface area contributed by atoms with Gasteiger partial charge in [-0.3, -0.25) is 0 Å². The molecule has 0 amide bonds. The van der Waals surface area contributed by atoms with Crippen LogP contribution < -0.4 is 4.74 Å². The summed E-state index contributed by atoms with van der Waals surface area (Å²) in [5, 5.41) is 10.9. The van der Waals surface area contributed by atoms with Crippen LogP contribution in [0.3, 0.4) is 0 Å². The van der Waals surface area contributed by atoms with Crippen molar-refractivity contribution in [3.05, 3.63) is 63.7 Å². The first kappa shape index (κ1) is 33.8. The minimum Gasteiger partial charge on any atom is -0.496 e. The quantitative estimate of drug-likeness (QED) is 0.228. The summed E-state index contributed by atoms with van der Waals surface area (Å²) in [6.45, 7) is 17.2. The summed E-state index contributed by atoms with van der Waals surface area (Å²) in [5.74, 6) is 0.461. The highest BCUT2D eigenvalue weighted by molar-refractivity contribution is 9.10. The summed E-state index contributed by atoms with van der Waals surface area (Å²) in [7, 11) is 1.47. The van der Waals surface area contributed by atoms with Gasteiger partial charge >= 0.3 is 6.18 Å². The Bertz CT molecular complexity index is 1050. The molecule has 1 heterocycles. The highest BCUT2D eigenvalue weighted by Gasteiger charge is 2.54. The molecule has 2 aromatic rings. The summed E-state index contributed by atoms with van der Waals surface area (Å²) in [6.07, 6.45) is -2.30. The number of rotatable bonds is 13. The standard InChI is InChI=1S/C27H37BrF3N3O2.C2H6/c1-7-9-12-34(8-2)20(5)32-17-24-18(3)13-22(33-24)16-26(35,27(29,30)31)15-19(4)23-14-21(28)10-11-25(23)36-6;1-2/h10-11,13-14,17,19,33,35H,5,7-9,12,15-16H2,1-4,6H3;1-2H3/b32-17-;. The number of H-pyrrole nitrogens is 1. The fourth-order valence-corrected chi connectivity index (χ4v) is 4.60. The average Bonchev–Trinajstić information content (AvgIpc) is 3.21. The Morgan fingerprint density at radius 1 is 1.26 bits per heavy atom. The van der Waals surface area contributed by atoms with Crippen LogP contribution in [0.4, 0.5) is 13.2 Å². The number of halogens is 4. The van der Waals surface area contributed by atoms with E-state index in [0.717, 1.165) is 36.0 Å². The Balaban J connectivity index is 0.00000352. The van der Waals surface area contributed by atoms with E-state index >= 15 is 0 Å². The van der Waals surface area contributed by atoms with Gasteiger partial charge in [-0.15, -0.1) is 0 Å². The predicted octanol–water partition coefficient (Wildman–Crippen LogP) is 8.16. The molecule has 1 aromatic heterocycles. The molecule has 9 heteroatoms. The SMILES string of the molecule is C=C(/N=C\c1[nH]c(CC(O)(CC(C)c2cc(Br)ccc2OC)C(F)(F)F)cc1C)N(CC)CCCC.CC. The van der Waals surface area contributed by atoms with E-state index in [9.17, 15) is 18.3 Å². The number of alkyl halides is 3. The topological polar surface area (TPSA) is 60.9 Å². The second-order valence-corrected chi connectivity index (χ2v) is 10.1. The maximum atomic E-state index is 14.2. The van der Waals surface area contributed by atoms with Crippen molar-refractivity contribution in [3.63, 3.8) is 0 Å². The first-order chi connectivity index (χ1) is 17.8. The number of aromatic nitrogens is 1. The van der Waals surface area contributed by atoms with Gasteiger partial charge in [0.05, 0.1) is 19.0 Å². The summed E-state index contributed by atoms with van der Waals surface area (Å²) in [5.41, 5.74) is -0.736. The number of aryl methyl sites for hydroxylation is 1. The van der Waals surface area contributed by atoms with Crippen LogP contribution in [0, 0.1) is 6.92 Å². The number of ether oxygens (including phenoxy) is 1. The van der Waals surface area contributed by atoms with Gasteiger partial charge in [0.2, 0.25) is 0 Å². The molecule has 0 aliphatic carbocycles.